The molecule has 7 N–H and O–H groups in total. The lowest BCUT2D eigenvalue weighted by molar-refractivity contribution is -0.143. The van der Waals surface area contributed by atoms with E-state index in [0.29, 0.717) is 0 Å². The molecule has 5 aromatic rings. The number of phenols is 4. The number of carbonyl (C=O) groups is 4. The van der Waals surface area contributed by atoms with Gasteiger partial charge in [-0.2, -0.15) is 0 Å². The van der Waals surface area contributed by atoms with Crippen molar-refractivity contribution >= 4 is 45.7 Å². The molecule has 0 bridgehead atoms. The fourth-order valence-corrected chi connectivity index (χ4v) is 5.23. The van der Waals surface area contributed by atoms with Gasteiger partial charge in [-0.1, -0.05) is 5.21 Å². The van der Waals surface area contributed by atoms with Crippen LogP contribution >= 0.6 is 0 Å². The molecule has 0 saturated carbocycles. The number of aromatic hydroxyl groups is 4. The van der Waals surface area contributed by atoms with Gasteiger partial charge in [0.05, 0.1) is 33.6 Å². The number of esters is 1. The van der Waals surface area contributed by atoms with Crippen LogP contribution in [0.2, 0.25) is 0 Å². The number of hydrogen-bond acceptors (Lipinski definition) is 14. The van der Waals surface area contributed by atoms with Crippen LogP contribution in [0, 0.1) is 6.92 Å². The Labute approximate surface area is 277 Å². The van der Waals surface area contributed by atoms with E-state index in [1.54, 1.807) is 7.05 Å². The van der Waals surface area contributed by atoms with E-state index in [1.807, 2.05) is 0 Å². The number of benzene rings is 2. The molecule has 0 aliphatic rings. The number of rotatable bonds is 11. The Kier molecular flexibility index (Phi) is 9.15. The van der Waals surface area contributed by atoms with Crippen LogP contribution in [0.1, 0.15) is 34.6 Å². The minimum Gasteiger partial charge on any atom is -0.504 e. The Bertz CT molecular complexity index is 2360. The van der Waals surface area contributed by atoms with Gasteiger partial charge in [0, 0.05) is 31.3 Å². The highest BCUT2D eigenvalue weighted by Gasteiger charge is 2.28. The van der Waals surface area contributed by atoms with Crippen molar-refractivity contribution in [2.45, 2.75) is 39.0 Å². The molecule has 260 valence electrons. The molecule has 0 spiro atoms. The van der Waals surface area contributed by atoms with E-state index in [9.17, 15) is 54.3 Å². The number of carbonyl (C=O) groups excluding carboxylic acids is 2. The lowest BCUT2D eigenvalue weighted by Crippen LogP contribution is -2.42. The third-order valence-corrected chi connectivity index (χ3v) is 7.81. The summed E-state index contributed by atoms with van der Waals surface area (Å²) in [6.45, 7) is 0.348. The van der Waals surface area contributed by atoms with Crippen molar-refractivity contribution in [3.05, 3.63) is 68.1 Å². The number of phenolic OH excluding ortho intramolecular Hbond substituents is 4. The van der Waals surface area contributed by atoms with E-state index in [2.05, 4.69) is 15.6 Å². The molecule has 19 nitrogen and oxygen atoms in total. The summed E-state index contributed by atoms with van der Waals surface area (Å²) in [6.07, 6.45) is 1.25. The molecule has 5 rings (SSSR count). The average molecular weight is 694 g/mol. The van der Waals surface area contributed by atoms with Crippen molar-refractivity contribution in [2.75, 3.05) is 0 Å². The number of carboxylic acids is 2. The maximum Gasteiger partial charge on any atom is 0.343 e. The second-order valence-electron chi connectivity index (χ2n) is 11.1. The number of pyridine rings is 1. The highest BCUT2D eigenvalue weighted by atomic mass is 16.5. The van der Waals surface area contributed by atoms with Crippen LogP contribution in [0.15, 0.2) is 44.7 Å². The zero-order valence-electron chi connectivity index (χ0n) is 26.0. The van der Waals surface area contributed by atoms with Crippen molar-refractivity contribution < 1.29 is 59.0 Å². The Morgan fingerprint density at radius 1 is 1.00 bits per heavy atom. The highest BCUT2D eigenvalue weighted by molar-refractivity contribution is 6.07. The van der Waals surface area contributed by atoms with Gasteiger partial charge in [0.15, 0.2) is 28.4 Å². The number of carboxylic acid groups (broad SMARTS) is 2. The largest absolute Gasteiger partial charge is 0.504 e. The van der Waals surface area contributed by atoms with E-state index < -0.39 is 94.2 Å². The van der Waals surface area contributed by atoms with Gasteiger partial charge >= 0.3 is 17.9 Å². The van der Waals surface area contributed by atoms with Crippen molar-refractivity contribution in [2.24, 2.45) is 7.05 Å². The summed E-state index contributed by atoms with van der Waals surface area (Å²) < 4.78 is 13.2. The zero-order valence-corrected chi connectivity index (χ0v) is 26.0. The molecule has 2 aromatic carbocycles. The fraction of sp³-hybridized carbons (Fsp3) is 0.226. The second kappa shape index (κ2) is 13.3. The Morgan fingerprint density at radius 2 is 1.70 bits per heavy atom. The number of aryl methyl sites for hydroxylation is 1. The first kappa shape index (κ1) is 34.4. The van der Waals surface area contributed by atoms with E-state index >= 15 is 0 Å². The van der Waals surface area contributed by atoms with Crippen LogP contribution in [0.4, 0.5) is 0 Å². The zero-order chi connectivity index (χ0) is 36.6. The van der Waals surface area contributed by atoms with Crippen molar-refractivity contribution in [1.29, 1.82) is 0 Å². The number of ether oxygens (including phenoxy) is 1. The van der Waals surface area contributed by atoms with Crippen molar-refractivity contribution in [3.63, 3.8) is 0 Å². The van der Waals surface area contributed by atoms with Crippen LogP contribution in [-0.2, 0) is 39.3 Å². The molecule has 0 unspecified atom stereocenters. The maximum atomic E-state index is 13.9. The number of nitrogens with zero attached hydrogens (tertiary/aromatic N) is 4. The molecular weight excluding hydrogens is 666 g/mol. The van der Waals surface area contributed by atoms with Crippen LogP contribution in [0.25, 0.3) is 33.0 Å². The van der Waals surface area contributed by atoms with Crippen LogP contribution < -0.4 is 16.2 Å². The predicted molar refractivity (Wildman–Crippen MR) is 168 cm³/mol. The summed E-state index contributed by atoms with van der Waals surface area (Å²) >= 11 is 0. The molecule has 19 heteroatoms. The molecule has 1 atom stereocenters. The molecule has 0 saturated heterocycles. The van der Waals surface area contributed by atoms with E-state index in [0.717, 1.165) is 23.1 Å². The lowest BCUT2D eigenvalue weighted by atomic mass is 9.98. The van der Waals surface area contributed by atoms with Crippen LogP contribution in [-0.4, -0.2) is 80.1 Å². The monoisotopic (exact) mass is 693 g/mol. The molecule has 3 heterocycles. The van der Waals surface area contributed by atoms with Gasteiger partial charge in [0.1, 0.15) is 42.3 Å². The molecule has 0 aliphatic carbocycles. The number of aliphatic carboxylic acids is 2. The van der Waals surface area contributed by atoms with Gasteiger partial charge in [-0.25, -0.2) is 14.3 Å². The Morgan fingerprint density at radius 3 is 2.38 bits per heavy atom. The molecule has 1 amide bonds. The third kappa shape index (κ3) is 6.46. The molecule has 50 heavy (non-hydrogen) atoms. The number of amides is 1. The summed E-state index contributed by atoms with van der Waals surface area (Å²) in [7, 11) is 1.55. The number of fused-ring (bicyclic) bond motifs is 2. The fourth-order valence-electron chi connectivity index (χ4n) is 5.23. The van der Waals surface area contributed by atoms with Gasteiger partial charge in [-0.15, -0.1) is 5.10 Å². The standard InChI is InChI=1S/C31H27N5O14/c1-12-24(27(43)14-5-18(37)19(38)6-17(14)35(12)2)15-11-49-21-7-20(39)29(45)26(25(21)28(15)44)31(48)50-10-13-8-36(34-33-13)9-22(40)32-16(30(46)47)3-4-23(41)42/h5-8,11,16,37-39,45H,3-4,9-10H2,1-2H3,(H,32,40)(H,41,42)(H,46,47)/t16-/m0/s1. The number of aromatic nitrogens is 4. The van der Waals surface area contributed by atoms with E-state index in [-0.39, 0.29) is 45.4 Å². The summed E-state index contributed by atoms with van der Waals surface area (Å²) in [6, 6.07) is 1.62. The highest BCUT2D eigenvalue weighted by Crippen LogP contribution is 2.37. The predicted octanol–water partition coefficient (Wildman–Crippen LogP) is 0.825. The molecule has 0 aliphatic heterocycles. The number of nitrogens with one attached hydrogen (secondary N) is 1. The Balaban J connectivity index is 1.44. The first-order chi connectivity index (χ1) is 23.6. The van der Waals surface area contributed by atoms with Crippen molar-refractivity contribution in [3.8, 4) is 34.1 Å². The Hall–Kier alpha value is -6.92. The molecular formula is C31H27N5O14. The summed E-state index contributed by atoms with van der Waals surface area (Å²) in [5.41, 5.74) is -2.91. The summed E-state index contributed by atoms with van der Waals surface area (Å²) in [5.74, 6) is -7.78. The maximum absolute atomic E-state index is 13.9. The van der Waals surface area contributed by atoms with Crippen LogP contribution in [0.5, 0.6) is 23.0 Å². The normalized spacial score (nSPS) is 11.8. The first-order valence-corrected chi connectivity index (χ1v) is 14.4. The first-order valence-electron chi connectivity index (χ1n) is 14.4. The van der Waals surface area contributed by atoms with Gasteiger partial charge < -0.3 is 49.7 Å². The summed E-state index contributed by atoms with van der Waals surface area (Å²) in [5, 5.41) is 68.0. The second-order valence-corrected chi connectivity index (χ2v) is 11.1. The van der Waals surface area contributed by atoms with E-state index in [4.69, 9.17) is 14.3 Å². The van der Waals surface area contributed by atoms with Gasteiger partial charge in [0.25, 0.3) is 0 Å². The van der Waals surface area contributed by atoms with Gasteiger partial charge in [-0.05, 0) is 19.4 Å². The van der Waals surface area contributed by atoms with Gasteiger partial charge in [-0.3, -0.25) is 19.2 Å². The summed E-state index contributed by atoms with van der Waals surface area (Å²) in [4.78, 5) is 75.3. The molecule has 3 aromatic heterocycles. The average Bonchev–Trinajstić information content (AvgIpc) is 3.50. The molecule has 0 fully saturated rings. The van der Waals surface area contributed by atoms with E-state index in [1.165, 1.54) is 23.8 Å². The minimum absolute atomic E-state index is 0.0342. The number of hydrogen-bond donors (Lipinski definition) is 7. The third-order valence-electron chi connectivity index (χ3n) is 7.81. The SMILES string of the molecule is Cc1c(-c2coc3cc(O)c(O)c(C(=O)OCc4cn(CC(=O)N[C@@H](CCC(=O)O)C(=O)O)nn4)c3c2=O)c(=O)c2cc(O)c(O)cc2n1C. The smallest absolute Gasteiger partial charge is 0.343 e. The lowest BCUT2D eigenvalue weighted by Gasteiger charge is -2.15. The van der Waals surface area contributed by atoms with Gasteiger partial charge in [0.2, 0.25) is 11.3 Å². The topological polar surface area (TPSA) is 294 Å². The minimum atomic E-state index is -1.47. The van der Waals surface area contributed by atoms with Crippen molar-refractivity contribution in [1.82, 2.24) is 24.9 Å². The molecule has 0 radical (unpaired) electrons. The van der Waals surface area contributed by atoms with Crippen LogP contribution in [0.3, 0.4) is 0 Å². The quantitative estimate of drug-likeness (QED) is 0.0744.